The average Bonchev–Trinajstić information content (AvgIpc) is 2.78. The highest BCUT2D eigenvalue weighted by atomic mass is 16.4. The van der Waals surface area contributed by atoms with E-state index in [4.69, 9.17) is 5.11 Å². The first-order valence-corrected chi connectivity index (χ1v) is 5.48. The number of hydrogen-bond donors (Lipinski definition) is 1. The molecule has 0 amide bonds. The maximum Gasteiger partial charge on any atom is 0.305 e. The number of hydrogen-bond acceptors (Lipinski definition) is 2. The van der Waals surface area contributed by atoms with Crippen molar-refractivity contribution in [3.63, 3.8) is 0 Å². The van der Waals surface area contributed by atoms with E-state index in [1.807, 2.05) is 48.0 Å². The number of benzene rings is 1. The van der Waals surface area contributed by atoms with E-state index >= 15 is 0 Å². The number of aliphatic carboxylic acids is 1. The third-order valence-electron chi connectivity index (χ3n) is 2.65. The van der Waals surface area contributed by atoms with Crippen molar-refractivity contribution in [3.8, 4) is 11.4 Å². The molecule has 1 atom stereocenters. The lowest BCUT2D eigenvalue weighted by Gasteiger charge is -2.14. The summed E-state index contributed by atoms with van der Waals surface area (Å²) in [5, 5.41) is 8.81. The molecule has 1 heterocycles. The molecule has 0 aliphatic carbocycles. The number of nitrogens with zero attached hydrogens (tertiary/aromatic N) is 2. The Kier molecular flexibility index (Phi) is 3.23. The molecule has 17 heavy (non-hydrogen) atoms. The van der Waals surface area contributed by atoms with Crippen LogP contribution in [-0.4, -0.2) is 20.6 Å². The largest absolute Gasteiger partial charge is 0.481 e. The molecule has 1 aromatic carbocycles. The van der Waals surface area contributed by atoms with E-state index in [0.29, 0.717) is 0 Å². The van der Waals surface area contributed by atoms with Gasteiger partial charge >= 0.3 is 5.97 Å². The van der Waals surface area contributed by atoms with Crippen LogP contribution in [0.25, 0.3) is 11.4 Å². The second-order valence-corrected chi connectivity index (χ2v) is 3.97. The van der Waals surface area contributed by atoms with E-state index in [0.717, 1.165) is 11.4 Å². The summed E-state index contributed by atoms with van der Waals surface area (Å²) < 4.78 is 1.89. The van der Waals surface area contributed by atoms with Crippen molar-refractivity contribution in [1.82, 2.24) is 9.55 Å². The quantitative estimate of drug-likeness (QED) is 0.878. The standard InChI is InChI=1S/C13H14N2O2/c1-10(9-12(16)17)15-8-7-14-13(15)11-5-3-2-4-6-11/h2-8,10H,9H2,1H3,(H,16,17). The fourth-order valence-corrected chi connectivity index (χ4v) is 1.83. The molecule has 0 spiro atoms. The van der Waals surface area contributed by atoms with E-state index in [1.54, 1.807) is 6.20 Å². The number of carbonyl (C=O) groups is 1. The molecular formula is C13H14N2O2. The summed E-state index contributed by atoms with van der Waals surface area (Å²) in [4.78, 5) is 15.0. The lowest BCUT2D eigenvalue weighted by molar-refractivity contribution is -0.137. The summed E-state index contributed by atoms with van der Waals surface area (Å²) in [6.45, 7) is 1.88. The van der Waals surface area contributed by atoms with Gasteiger partial charge in [-0.2, -0.15) is 0 Å². The van der Waals surface area contributed by atoms with Crippen LogP contribution in [0.3, 0.4) is 0 Å². The highest BCUT2D eigenvalue weighted by molar-refractivity contribution is 5.67. The third kappa shape index (κ3) is 2.53. The van der Waals surface area contributed by atoms with Crippen LogP contribution in [0.2, 0.25) is 0 Å². The number of carboxylic acids is 1. The Morgan fingerprint density at radius 2 is 2.12 bits per heavy atom. The van der Waals surface area contributed by atoms with E-state index in [9.17, 15) is 4.79 Å². The molecule has 0 aliphatic heterocycles. The van der Waals surface area contributed by atoms with Crippen LogP contribution in [0.1, 0.15) is 19.4 Å². The van der Waals surface area contributed by atoms with E-state index in [1.165, 1.54) is 0 Å². The molecule has 1 unspecified atom stereocenters. The molecular weight excluding hydrogens is 216 g/mol. The van der Waals surface area contributed by atoms with Crippen molar-refractivity contribution < 1.29 is 9.90 Å². The molecule has 4 nitrogen and oxygen atoms in total. The Labute approximate surface area is 99.5 Å². The van der Waals surface area contributed by atoms with Gasteiger partial charge in [-0.1, -0.05) is 30.3 Å². The topological polar surface area (TPSA) is 55.1 Å². The molecule has 2 aromatic rings. The highest BCUT2D eigenvalue weighted by Crippen LogP contribution is 2.22. The summed E-state index contributed by atoms with van der Waals surface area (Å²) in [5.41, 5.74) is 0.995. The van der Waals surface area contributed by atoms with Crippen molar-refractivity contribution >= 4 is 5.97 Å². The summed E-state index contributed by atoms with van der Waals surface area (Å²) in [5.74, 6) is 0.00422. The fraction of sp³-hybridized carbons (Fsp3) is 0.231. The second-order valence-electron chi connectivity index (χ2n) is 3.97. The normalized spacial score (nSPS) is 12.3. The van der Waals surface area contributed by atoms with Crippen LogP contribution < -0.4 is 0 Å². The van der Waals surface area contributed by atoms with Gasteiger partial charge in [0.15, 0.2) is 0 Å². The Hall–Kier alpha value is -2.10. The van der Waals surface area contributed by atoms with Crippen molar-refractivity contribution in [3.05, 3.63) is 42.7 Å². The maximum atomic E-state index is 10.7. The smallest absolute Gasteiger partial charge is 0.305 e. The van der Waals surface area contributed by atoms with Crippen molar-refractivity contribution in [2.75, 3.05) is 0 Å². The number of aromatic nitrogens is 2. The van der Waals surface area contributed by atoms with Gasteiger partial charge in [-0.3, -0.25) is 4.79 Å². The first-order chi connectivity index (χ1) is 8.18. The van der Waals surface area contributed by atoms with Gasteiger partial charge in [0.1, 0.15) is 5.82 Å². The lowest BCUT2D eigenvalue weighted by atomic mass is 10.2. The van der Waals surface area contributed by atoms with Crippen LogP contribution >= 0.6 is 0 Å². The highest BCUT2D eigenvalue weighted by Gasteiger charge is 2.13. The molecule has 2 rings (SSSR count). The minimum atomic E-state index is -0.801. The second kappa shape index (κ2) is 4.82. The van der Waals surface area contributed by atoms with E-state index in [-0.39, 0.29) is 12.5 Å². The summed E-state index contributed by atoms with van der Waals surface area (Å²) >= 11 is 0. The van der Waals surface area contributed by atoms with E-state index < -0.39 is 5.97 Å². The first-order valence-electron chi connectivity index (χ1n) is 5.48. The molecule has 0 saturated heterocycles. The summed E-state index contributed by atoms with van der Waals surface area (Å²) in [6.07, 6.45) is 3.60. The van der Waals surface area contributed by atoms with Crippen molar-refractivity contribution in [1.29, 1.82) is 0 Å². The molecule has 1 N–H and O–H groups in total. The van der Waals surface area contributed by atoms with E-state index in [2.05, 4.69) is 4.98 Å². The van der Waals surface area contributed by atoms with Crippen LogP contribution in [0.4, 0.5) is 0 Å². The van der Waals surface area contributed by atoms with Gasteiger partial charge in [-0.25, -0.2) is 4.98 Å². The summed E-state index contributed by atoms with van der Waals surface area (Å²) in [6, 6.07) is 9.65. The van der Waals surface area contributed by atoms with Crippen LogP contribution in [0, 0.1) is 0 Å². The molecule has 0 radical (unpaired) electrons. The van der Waals surface area contributed by atoms with Crippen LogP contribution in [-0.2, 0) is 4.79 Å². The predicted molar refractivity (Wildman–Crippen MR) is 64.6 cm³/mol. The predicted octanol–water partition coefficient (Wildman–Crippen LogP) is 2.59. The SMILES string of the molecule is CC(CC(=O)O)n1ccnc1-c1ccccc1. The molecule has 0 aliphatic rings. The first kappa shape index (κ1) is 11.4. The van der Waals surface area contributed by atoms with Crippen LogP contribution in [0.5, 0.6) is 0 Å². The minimum absolute atomic E-state index is 0.0934. The molecule has 0 fully saturated rings. The van der Waals surface area contributed by atoms with Crippen LogP contribution in [0.15, 0.2) is 42.7 Å². The van der Waals surface area contributed by atoms with Gasteiger partial charge in [0.05, 0.1) is 6.42 Å². The zero-order valence-electron chi connectivity index (χ0n) is 9.58. The Morgan fingerprint density at radius 1 is 1.41 bits per heavy atom. The number of rotatable bonds is 4. The zero-order chi connectivity index (χ0) is 12.3. The average molecular weight is 230 g/mol. The fourth-order valence-electron chi connectivity index (χ4n) is 1.83. The third-order valence-corrected chi connectivity index (χ3v) is 2.65. The van der Waals surface area contributed by atoms with Gasteiger partial charge in [-0.05, 0) is 6.92 Å². The van der Waals surface area contributed by atoms with Gasteiger partial charge < -0.3 is 9.67 Å². The van der Waals surface area contributed by atoms with Gasteiger partial charge in [0.2, 0.25) is 0 Å². The number of carboxylic acid groups (broad SMARTS) is 1. The molecule has 4 heteroatoms. The zero-order valence-corrected chi connectivity index (χ0v) is 9.58. The monoisotopic (exact) mass is 230 g/mol. The van der Waals surface area contributed by atoms with Gasteiger partial charge in [-0.15, -0.1) is 0 Å². The molecule has 1 aromatic heterocycles. The Morgan fingerprint density at radius 3 is 2.76 bits per heavy atom. The summed E-state index contributed by atoms with van der Waals surface area (Å²) in [7, 11) is 0. The minimum Gasteiger partial charge on any atom is -0.481 e. The van der Waals surface area contributed by atoms with Gasteiger partial charge in [0, 0.05) is 24.0 Å². The number of imidazole rings is 1. The lowest BCUT2D eigenvalue weighted by Crippen LogP contribution is -2.10. The maximum absolute atomic E-state index is 10.7. The van der Waals surface area contributed by atoms with Gasteiger partial charge in [0.25, 0.3) is 0 Å². The molecule has 88 valence electrons. The van der Waals surface area contributed by atoms with Crippen molar-refractivity contribution in [2.45, 2.75) is 19.4 Å². The molecule has 0 bridgehead atoms. The Bertz CT molecular complexity index is 505. The Balaban J connectivity index is 2.32. The molecule has 0 saturated carbocycles. The van der Waals surface area contributed by atoms with Crippen molar-refractivity contribution in [2.24, 2.45) is 0 Å².